The van der Waals surface area contributed by atoms with Crippen LogP contribution in [0.25, 0.3) is 0 Å². The molecule has 0 saturated carbocycles. The van der Waals surface area contributed by atoms with Crippen LogP contribution in [-0.4, -0.2) is 38.5 Å². The smallest absolute Gasteiger partial charge is 0.327 e. The van der Waals surface area contributed by atoms with E-state index < -0.39 is 28.1 Å². The van der Waals surface area contributed by atoms with Crippen molar-refractivity contribution in [1.82, 2.24) is 4.90 Å². The molecule has 4 nitrogen and oxygen atoms in total. The van der Waals surface area contributed by atoms with Crippen LogP contribution in [0.5, 0.6) is 0 Å². The Bertz CT molecular complexity index is 540. The van der Waals surface area contributed by atoms with Crippen molar-refractivity contribution in [1.29, 1.82) is 0 Å². The quantitative estimate of drug-likeness (QED) is 0.847. The summed E-state index contributed by atoms with van der Waals surface area (Å²) in [5, 5.41) is 9.19. The highest BCUT2D eigenvalue weighted by Crippen LogP contribution is 2.44. The minimum atomic E-state index is -1.31. The van der Waals surface area contributed by atoms with Crippen molar-refractivity contribution in [2.24, 2.45) is 0 Å². The normalized spacial score (nSPS) is 22.3. The number of thioether (sulfide) groups is 1. The molecule has 1 N–H and O–H groups in total. The lowest BCUT2D eigenvalue weighted by Gasteiger charge is -2.28. The van der Waals surface area contributed by atoms with Gasteiger partial charge in [-0.15, -0.1) is 11.8 Å². The number of nitrogens with zero attached hydrogens (tertiary/aromatic N) is 1. The van der Waals surface area contributed by atoms with Crippen molar-refractivity contribution >= 4 is 58.4 Å². The van der Waals surface area contributed by atoms with Gasteiger partial charge in [-0.2, -0.15) is 0 Å². The van der Waals surface area contributed by atoms with Gasteiger partial charge in [-0.25, -0.2) is 4.79 Å². The van der Waals surface area contributed by atoms with E-state index in [1.165, 1.54) is 16.7 Å². The number of amides is 1. The number of rotatable bonds is 3. The molecule has 0 aromatic heterocycles. The third-order valence-electron chi connectivity index (χ3n) is 2.90. The van der Waals surface area contributed by atoms with Gasteiger partial charge in [0.25, 0.3) is 5.91 Å². The fraction of sp³-hybridized carbons (Fsp3) is 0.333. The molecule has 1 aromatic rings. The molecule has 0 bridgehead atoms. The molecule has 1 fully saturated rings. The van der Waals surface area contributed by atoms with Crippen LogP contribution in [0.2, 0.25) is 5.02 Å². The Hall–Kier alpha value is -0.620. The largest absolute Gasteiger partial charge is 0.480 e. The fourth-order valence-electron chi connectivity index (χ4n) is 1.99. The number of carboxylic acids is 1. The summed E-state index contributed by atoms with van der Waals surface area (Å²) in [7, 11) is 0. The van der Waals surface area contributed by atoms with Gasteiger partial charge in [-0.3, -0.25) is 4.79 Å². The monoisotopic (exact) mass is 353 g/mol. The topological polar surface area (TPSA) is 57.6 Å². The average Bonchev–Trinajstić information content (AvgIpc) is 2.82. The molecule has 0 radical (unpaired) electrons. The Morgan fingerprint density at radius 1 is 1.35 bits per heavy atom. The first-order valence-corrected chi connectivity index (χ1v) is 7.92. The van der Waals surface area contributed by atoms with Gasteiger partial charge in [0.15, 0.2) is 4.84 Å². The molecular formula is C12H10Cl3NO3S. The highest BCUT2D eigenvalue weighted by Gasteiger charge is 2.44. The number of carboxylic acid groups (broad SMARTS) is 1. The first kappa shape index (κ1) is 15.8. The molecule has 8 heteroatoms. The van der Waals surface area contributed by atoms with Crippen molar-refractivity contribution in [3.05, 3.63) is 34.9 Å². The van der Waals surface area contributed by atoms with Crippen LogP contribution < -0.4 is 0 Å². The van der Waals surface area contributed by atoms with Gasteiger partial charge < -0.3 is 10.0 Å². The maximum atomic E-state index is 12.1. The van der Waals surface area contributed by atoms with Crippen molar-refractivity contribution in [2.45, 2.75) is 16.3 Å². The van der Waals surface area contributed by atoms with Gasteiger partial charge >= 0.3 is 5.97 Å². The van der Waals surface area contributed by atoms with E-state index in [-0.39, 0.29) is 5.75 Å². The van der Waals surface area contributed by atoms with Crippen LogP contribution in [-0.2, 0) is 9.59 Å². The minimum absolute atomic E-state index is 0.261. The van der Waals surface area contributed by atoms with Crippen molar-refractivity contribution in [3.8, 4) is 0 Å². The number of carbonyl (C=O) groups is 2. The molecule has 1 aliphatic heterocycles. The molecule has 1 heterocycles. The zero-order chi connectivity index (χ0) is 14.9. The summed E-state index contributed by atoms with van der Waals surface area (Å²) in [4.78, 5) is 23.3. The zero-order valence-electron chi connectivity index (χ0n) is 10.0. The van der Waals surface area contributed by atoms with Gasteiger partial charge in [0, 0.05) is 16.3 Å². The SMILES string of the molecule is O=C(O)C1CSC(c2ccccc2Cl)N1C(=O)C(Cl)Cl. The number of aliphatic carboxylic acids is 1. The van der Waals surface area contributed by atoms with E-state index in [2.05, 4.69) is 0 Å². The van der Waals surface area contributed by atoms with Gasteiger partial charge in [0.1, 0.15) is 11.4 Å². The molecule has 0 spiro atoms. The zero-order valence-corrected chi connectivity index (χ0v) is 13.1. The Morgan fingerprint density at radius 2 is 2.00 bits per heavy atom. The lowest BCUT2D eigenvalue weighted by Crippen LogP contribution is -2.45. The third kappa shape index (κ3) is 3.01. The van der Waals surface area contributed by atoms with Crippen LogP contribution in [0.15, 0.2) is 24.3 Å². The minimum Gasteiger partial charge on any atom is -0.480 e. The van der Waals surface area contributed by atoms with E-state index in [1.54, 1.807) is 24.3 Å². The number of halogens is 3. The summed E-state index contributed by atoms with van der Waals surface area (Å²) in [6.07, 6.45) is 0. The van der Waals surface area contributed by atoms with E-state index in [9.17, 15) is 14.7 Å². The van der Waals surface area contributed by atoms with Gasteiger partial charge in [0.2, 0.25) is 0 Å². The molecule has 2 atom stereocenters. The van der Waals surface area contributed by atoms with Gasteiger partial charge in [0.05, 0.1) is 0 Å². The number of hydrogen-bond donors (Lipinski definition) is 1. The van der Waals surface area contributed by atoms with E-state index >= 15 is 0 Å². The summed E-state index contributed by atoms with van der Waals surface area (Å²) in [5.41, 5.74) is 0.672. The first-order chi connectivity index (χ1) is 9.43. The molecular weight excluding hydrogens is 345 g/mol. The van der Waals surface area contributed by atoms with E-state index in [1.807, 2.05) is 0 Å². The maximum absolute atomic E-state index is 12.1. The summed E-state index contributed by atoms with van der Waals surface area (Å²) in [6, 6.07) is 6.01. The summed E-state index contributed by atoms with van der Waals surface area (Å²) in [6.45, 7) is 0. The molecule has 2 rings (SSSR count). The maximum Gasteiger partial charge on any atom is 0.327 e. The fourth-order valence-corrected chi connectivity index (χ4v) is 3.99. The molecule has 2 unspecified atom stereocenters. The predicted octanol–water partition coefficient (Wildman–Crippen LogP) is 3.17. The Balaban J connectivity index is 2.40. The molecule has 1 amide bonds. The second kappa shape index (κ2) is 6.43. The molecule has 1 saturated heterocycles. The Kier molecular flexibility index (Phi) is 5.07. The second-order valence-electron chi connectivity index (χ2n) is 4.11. The van der Waals surface area contributed by atoms with Crippen molar-refractivity contribution in [2.75, 3.05) is 5.75 Å². The summed E-state index contributed by atoms with van der Waals surface area (Å²) in [5.74, 6) is -1.46. The molecule has 1 aromatic carbocycles. The summed E-state index contributed by atoms with van der Waals surface area (Å²) >= 11 is 18.7. The van der Waals surface area contributed by atoms with Crippen molar-refractivity contribution in [3.63, 3.8) is 0 Å². The standard InChI is InChI=1S/C12H10Cl3NO3S/c13-7-4-2-1-3-6(7)11-16(10(17)9(14)15)8(5-20-11)12(18)19/h1-4,8-9,11H,5H2,(H,18,19). The highest BCUT2D eigenvalue weighted by atomic mass is 35.5. The van der Waals surface area contributed by atoms with E-state index in [0.29, 0.717) is 10.6 Å². The van der Waals surface area contributed by atoms with Gasteiger partial charge in [-0.1, -0.05) is 53.0 Å². The van der Waals surface area contributed by atoms with Crippen LogP contribution in [0.3, 0.4) is 0 Å². The van der Waals surface area contributed by atoms with Crippen LogP contribution in [0, 0.1) is 0 Å². The Morgan fingerprint density at radius 3 is 2.55 bits per heavy atom. The predicted molar refractivity (Wildman–Crippen MR) is 80.4 cm³/mol. The Labute approximate surface area is 135 Å². The first-order valence-electron chi connectivity index (χ1n) is 5.62. The van der Waals surface area contributed by atoms with Crippen LogP contribution in [0.1, 0.15) is 10.9 Å². The third-order valence-corrected chi connectivity index (χ3v) is 4.92. The number of hydrogen-bond acceptors (Lipinski definition) is 3. The average molecular weight is 355 g/mol. The second-order valence-corrected chi connectivity index (χ2v) is 6.72. The molecule has 1 aliphatic rings. The molecule has 0 aliphatic carbocycles. The lowest BCUT2D eigenvalue weighted by atomic mass is 10.1. The van der Waals surface area contributed by atoms with Gasteiger partial charge in [-0.05, 0) is 6.07 Å². The highest BCUT2D eigenvalue weighted by molar-refractivity contribution is 7.99. The number of benzene rings is 1. The lowest BCUT2D eigenvalue weighted by molar-refractivity contribution is -0.148. The van der Waals surface area contributed by atoms with E-state index in [4.69, 9.17) is 34.8 Å². The van der Waals surface area contributed by atoms with Crippen molar-refractivity contribution < 1.29 is 14.7 Å². The van der Waals surface area contributed by atoms with Crippen LogP contribution >= 0.6 is 46.6 Å². The molecule has 20 heavy (non-hydrogen) atoms. The molecule has 108 valence electrons. The number of alkyl halides is 2. The summed E-state index contributed by atoms with van der Waals surface area (Å²) < 4.78 is 0. The number of carbonyl (C=O) groups excluding carboxylic acids is 1. The van der Waals surface area contributed by atoms with Crippen LogP contribution in [0.4, 0.5) is 0 Å². The van der Waals surface area contributed by atoms with E-state index in [0.717, 1.165) is 0 Å².